The van der Waals surface area contributed by atoms with Crippen LogP contribution < -0.4 is 9.32 Å². The van der Waals surface area contributed by atoms with Crippen molar-refractivity contribution in [2.45, 2.75) is 12.8 Å². The molecule has 0 aliphatic carbocycles. The van der Waals surface area contributed by atoms with E-state index in [1.54, 1.807) is 0 Å². The molecule has 0 saturated heterocycles. The summed E-state index contributed by atoms with van der Waals surface area (Å²) in [7, 11) is -2.98. The highest BCUT2D eigenvalue weighted by atomic mass is 35.6. The maximum Gasteiger partial charge on any atom is 0.660 e. The number of hydrogen-bond donors (Lipinski definition) is 0. The summed E-state index contributed by atoms with van der Waals surface area (Å²) in [6.45, 7) is 0.410. The second-order valence-electron chi connectivity index (χ2n) is 1.71. The minimum atomic E-state index is -3.16. The van der Waals surface area contributed by atoms with Crippen LogP contribution in [-0.4, -0.2) is 15.7 Å². The van der Waals surface area contributed by atoms with Crippen LogP contribution in [0.25, 0.3) is 0 Å². The van der Waals surface area contributed by atoms with E-state index in [9.17, 15) is 29.5 Å². The van der Waals surface area contributed by atoms with Crippen LogP contribution >= 0.6 is 0 Å². The topological polar surface area (TPSA) is 142 Å². The summed E-state index contributed by atoms with van der Waals surface area (Å²) < 4.78 is 23.0. The molecule has 0 amide bonds. The molecule has 0 N–H and O–H groups in total. The molecule has 0 heterocycles. The molecular weight excluding hydrogens is 199 g/mol. The summed E-state index contributed by atoms with van der Waals surface area (Å²) >= 11 is 0. The Morgan fingerprint density at radius 3 is 1.67 bits per heavy atom. The molecule has 0 spiro atoms. The fraction of sp³-hybridized carbons (Fsp3) is 1.00. The van der Waals surface area contributed by atoms with Gasteiger partial charge in [0, 0.05) is 0 Å². The Labute approximate surface area is 68.2 Å². The fourth-order valence-electron chi connectivity index (χ4n) is 0.242. The third-order valence-corrected chi connectivity index (χ3v) is 1.30. The largest absolute Gasteiger partial charge is 0.660 e. The van der Waals surface area contributed by atoms with E-state index in [1.165, 1.54) is 0 Å². The standard InChI is InChI=1S/C2H3ClN2O7/c1-2(4(8)9,5(10)11)12-3(6)7/h1H3. The van der Waals surface area contributed by atoms with Crippen LogP contribution in [0.2, 0.25) is 0 Å². The molecule has 0 aromatic carbocycles. The Hall–Kier alpha value is -1.03. The van der Waals surface area contributed by atoms with Gasteiger partial charge in [-0.1, -0.05) is 0 Å². The average Bonchev–Trinajstić information content (AvgIpc) is 1.84. The maximum atomic E-state index is 9.96. The highest BCUT2D eigenvalue weighted by Crippen LogP contribution is 2.12. The Balaban J connectivity index is 4.63. The molecular formula is C2H3ClN2O7. The Bertz CT molecular complexity index is 190. The van der Waals surface area contributed by atoms with Crippen LogP contribution in [-0.2, 0) is 4.29 Å². The van der Waals surface area contributed by atoms with Crippen LogP contribution in [0.1, 0.15) is 6.92 Å². The van der Waals surface area contributed by atoms with Crippen molar-refractivity contribution in [2.75, 3.05) is 0 Å². The van der Waals surface area contributed by atoms with Crippen molar-refractivity contribution in [3.8, 4) is 0 Å². The lowest BCUT2D eigenvalue weighted by molar-refractivity contribution is -1.64. The lowest BCUT2D eigenvalue weighted by atomic mass is 10.5. The van der Waals surface area contributed by atoms with Crippen LogP contribution in [0.4, 0.5) is 0 Å². The minimum Gasteiger partial charge on any atom is -0.320 e. The van der Waals surface area contributed by atoms with Gasteiger partial charge in [-0.05, 0) is 0 Å². The van der Waals surface area contributed by atoms with Crippen molar-refractivity contribution in [2.24, 2.45) is 0 Å². The van der Waals surface area contributed by atoms with Crippen molar-refractivity contribution < 1.29 is 34.2 Å². The quantitative estimate of drug-likeness (QED) is 0.274. The van der Waals surface area contributed by atoms with Crippen LogP contribution in [0.5, 0.6) is 0 Å². The van der Waals surface area contributed by atoms with Gasteiger partial charge in [0.1, 0.15) is 16.8 Å². The van der Waals surface area contributed by atoms with Gasteiger partial charge >= 0.3 is 16.6 Å². The first-order valence-electron chi connectivity index (χ1n) is 2.34. The van der Waals surface area contributed by atoms with Gasteiger partial charge in [-0.15, -0.1) is 0 Å². The van der Waals surface area contributed by atoms with E-state index in [0.717, 1.165) is 0 Å². The lowest BCUT2D eigenvalue weighted by Crippen LogP contribution is -2.52. The molecule has 12 heavy (non-hydrogen) atoms. The third-order valence-electron chi connectivity index (χ3n) is 0.887. The van der Waals surface area contributed by atoms with Crippen molar-refractivity contribution in [1.29, 1.82) is 0 Å². The van der Waals surface area contributed by atoms with Crippen molar-refractivity contribution in [1.82, 2.24) is 0 Å². The smallest absolute Gasteiger partial charge is 0.320 e. The summed E-state index contributed by atoms with van der Waals surface area (Å²) in [5.41, 5.74) is 0. The summed E-state index contributed by atoms with van der Waals surface area (Å²) in [4.78, 5) is 17.0. The van der Waals surface area contributed by atoms with Gasteiger partial charge < -0.3 is 9.32 Å². The van der Waals surface area contributed by atoms with Gasteiger partial charge in [-0.3, -0.25) is 20.2 Å². The maximum absolute atomic E-state index is 9.96. The monoisotopic (exact) mass is 202 g/mol. The highest BCUT2D eigenvalue weighted by Gasteiger charge is 2.63. The average molecular weight is 203 g/mol. The molecule has 70 valence electrons. The molecule has 0 radical (unpaired) electrons. The first-order valence-corrected chi connectivity index (χ1v) is 3.27. The lowest BCUT2D eigenvalue weighted by Gasteiger charge is -2.04. The van der Waals surface area contributed by atoms with Gasteiger partial charge in [0.2, 0.25) is 0 Å². The first-order chi connectivity index (χ1) is 5.30. The highest BCUT2D eigenvalue weighted by molar-refractivity contribution is 4.37. The summed E-state index contributed by atoms with van der Waals surface area (Å²) in [5.74, 6) is -3.16. The summed E-state index contributed by atoms with van der Waals surface area (Å²) in [6.07, 6.45) is 0. The Kier molecular flexibility index (Phi) is 3.27. The predicted molar refractivity (Wildman–Crippen MR) is 23.5 cm³/mol. The molecule has 0 saturated carbocycles. The van der Waals surface area contributed by atoms with E-state index in [2.05, 4.69) is 4.29 Å². The number of nitro groups is 2. The first kappa shape index (κ1) is 11.0. The molecule has 0 aromatic heterocycles. The van der Waals surface area contributed by atoms with Crippen LogP contribution in [0.3, 0.4) is 0 Å². The second-order valence-corrected chi connectivity index (χ2v) is 2.25. The van der Waals surface area contributed by atoms with E-state index in [-0.39, 0.29) is 0 Å². The van der Waals surface area contributed by atoms with Gasteiger partial charge in [-0.25, -0.2) is 0 Å². The van der Waals surface area contributed by atoms with E-state index in [0.29, 0.717) is 6.92 Å². The zero-order chi connectivity index (χ0) is 9.94. The van der Waals surface area contributed by atoms with Crippen LogP contribution in [0, 0.1) is 31.0 Å². The fourth-order valence-corrected chi connectivity index (χ4v) is 0.594. The minimum absolute atomic E-state index is 0.410. The van der Waals surface area contributed by atoms with E-state index in [4.69, 9.17) is 0 Å². The second kappa shape index (κ2) is 3.58. The molecule has 0 bridgehead atoms. The number of nitrogens with zero attached hydrogens (tertiary/aromatic N) is 2. The van der Waals surface area contributed by atoms with E-state index >= 15 is 0 Å². The SMILES string of the molecule is CC(O[Cl+2]([O-])[O-])([N+](=O)[O-])[N+](=O)[O-]. The Morgan fingerprint density at radius 1 is 1.25 bits per heavy atom. The van der Waals surface area contributed by atoms with Crippen molar-refractivity contribution in [3.63, 3.8) is 0 Å². The molecule has 0 unspecified atom stereocenters. The normalized spacial score (nSPS) is 11.7. The number of hydrogen-bond acceptors (Lipinski definition) is 7. The van der Waals surface area contributed by atoms with E-state index < -0.39 is 26.5 Å². The molecule has 0 atom stereocenters. The predicted octanol–water partition coefficient (Wildman–Crippen LogP) is -2.68. The molecule has 0 aliphatic rings. The zero-order valence-corrected chi connectivity index (χ0v) is 6.39. The van der Waals surface area contributed by atoms with E-state index in [1.807, 2.05) is 0 Å². The number of rotatable bonds is 4. The van der Waals surface area contributed by atoms with Gasteiger partial charge in [0.05, 0.1) is 0 Å². The van der Waals surface area contributed by atoms with Gasteiger partial charge in [-0.2, -0.15) is 0 Å². The zero-order valence-electron chi connectivity index (χ0n) is 5.63. The molecule has 9 nitrogen and oxygen atoms in total. The van der Waals surface area contributed by atoms with Crippen LogP contribution in [0.15, 0.2) is 0 Å². The van der Waals surface area contributed by atoms with Gasteiger partial charge in [0.25, 0.3) is 0 Å². The number of halogens is 1. The van der Waals surface area contributed by atoms with Crippen molar-refractivity contribution >= 4 is 0 Å². The summed E-state index contributed by atoms with van der Waals surface area (Å²) in [6, 6.07) is 0. The van der Waals surface area contributed by atoms with Gasteiger partial charge in [0.15, 0.2) is 4.29 Å². The Morgan fingerprint density at radius 2 is 1.58 bits per heavy atom. The molecule has 0 aromatic rings. The summed E-state index contributed by atoms with van der Waals surface area (Å²) in [5, 5.41) is 19.9. The molecule has 0 fully saturated rings. The molecule has 0 aliphatic heterocycles. The van der Waals surface area contributed by atoms with Crippen molar-refractivity contribution in [3.05, 3.63) is 20.2 Å². The third kappa shape index (κ3) is 2.23. The molecule has 10 heteroatoms. The molecule has 0 rings (SSSR count).